The van der Waals surface area contributed by atoms with E-state index >= 15 is 0 Å². The van der Waals surface area contributed by atoms with Gasteiger partial charge in [0, 0.05) is 38.0 Å². The largest absolute Gasteiger partial charge is 0.459 e. The smallest absolute Gasteiger partial charge is 0.289 e. The molecule has 2 aliphatic heterocycles. The molecule has 1 unspecified atom stereocenters. The summed E-state index contributed by atoms with van der Waals surface area (Å²) in [6.45, 7) is 7.47. The molecule has 2 saturated heterocycles. The predicted molar refractivity (Wildman–Crippen MR) is 122 cm³/mol. The monoisotopic (exact) mass is 453 g/mol. The van der Waals surface area contributed by atoms with Gasteiger partial charge in [-0.25, -0.2) is 0 Å². The number of piperidine rings is 1. The highest BCUT2D eigenvalue weighted by molar-refractivity contribution is 5.98. The zero-order valence-corrected chi connectivity index (χ0v) is 19.4. The van der Waals surface area contributed by atoms with Crippen molar-refractivity contribution in [3.63, 3.8) is 0 Å². The van der Waals surface area contributed by atoms with Crippen LogP contribution in [-0.2, 0) is 9.53 Å². The number of carbonyl (C=O) groups excluding carboxylic acids is 3. The van der Waals surface area contributed by atoms with Crippen molar-refractivity contribution in [2.75, 3.05) is 26.2 Å². The Labute approximate surface area is 193 Å². The number of ether oxygens (including phenoxy) is 1. The number of aryl methyl sites for hydroxylation is 1. The normalized spacial score (nSPS) is 19.8. The van der Waals surface area contributed by atoms with Crippen LogP contribution in [0.15, 0.2) is 47.1 Å². The molecule has 8 nitrogen and oxygen atoms in total. The van der Waals surface area contributed by atoms with Gasteiger partial charge in [0.1, 0.15) is 11.8 Å². The fraction of sp³-hybridized carbons (Fsp3) is 0.480. The minimum absolute atomic E-state index is 0.133. The molecule has 1 atom stereocenters. The lowest BCUT2D eigenvalue weighted by atomic mass is 9.96. The highest BCUT2D eigenvalue weighted by Gasteiger charge is 2.54. The number of carbonyl (C=O) groups is 3. The molecule has 33 heavy (non-hydrogen) atoms. The summed E-state index contributed by atoms with van der Waals surface area (Å²) < 4.78 is 11.4. The molecule has 3 amide bonds. The van der Waals surface area contributed by atoms with Crippen LogP contribution in [0.1, 0.15) is 53.2 Å². The molecule has 0 saturated carbocycles. The number of hydrogen-bond donors (Lipinski definition) is 1. The molecule has 2 aromatic rings. The number of nitrogens with zero attached hydrogens (tertiary/aromatic N) is 2. The lowest BCUT2D eigenvalue weighted by molar-refractivity contribution is -0.128. The Hall–Kier alpha value is -3.13. The molecule has 1 N–H and O–H groups in total. The van der Waals surface area contributed by atoms with Gasteiger partial charge in [0.05, 0.1) is 12.9 Å². The van der Waals surface area contributed by atoms with Crippen molar-refractivity contribution >= 4 is 17.7 Å². The summed E-state index contributed by atoms with van der Waals surface area (Å²) in [7, 11) is 0. The topological polar surface area (TPSA) is 92.1 Å². The first-order chi connectivity index (χ1) is 15.8. The Balaban J connectivity index is 1.57. The van der Waals surface area contributed by atoms with E-state index in [0.717, 1.165) is 5.56 Å². The summed E-state index contributed by atoms with van der Waals surface area (Å²) in [5.74, 6) is -0.0484. The second kappa shape index (κ2) is 9.39. The molecular formula is C25H31N3O5. The lowest BCUT2D eigenvalue weighted by Gasteiger charge is -2.44. The van der Waals surface area contributed by atoms with Crippen LogP contribution in [-0.4, -0.2) is 65.5 Å². The third-order valence-corrected chi connectivity index (χ3v) is 6.33. The van der Waals surface area contributed by atoms with Crippen LogP contribution in [0, 0.1) is 12.8 Å². The Morgan fingerprint density at radius 1 is 1.09 bits per heavy atom. The third kappa shape index (κ3) is 4.66. The highest BCUT2D eigenvalue weighted by Crippen LogP contribution is 2.38. The van der Waals surface area contributed by atoms with E-state index in [1.54, 1.807) is 34.1 Å². The molecule has 1 aromatic heterocycles. The number of furan rings is 1. The van der Waals surface area contributed by atoms with Gasteiger partial charge in [0.2, 0.25) is 5.91 Å². The maximum Gasteiger partial charge on any atom is 0.289 e. The number of amides is 3. The third-order valence-electron chi connectivity index (χ3n) is 6.33. The summed E-state index contributed by atoms with van der Waals surface area (Å²) in [5.41, 5.74) is 0.637. The maximum absolute atomic E-state index is 13.7. The van der Waals surface area contributed by atoms with Gasteiger partial charge in [-0.05, 0) is 37.1 Å². The van der Waals surface area contributed by atoms with E-state index in [-0.39, 0.29) is 30.1 Å². The molecule has 3 heterocycles. The van der Waals surface area contributed by atoms with Gasteiger partial charge in [-0.3, -0.25) is 19.3 Å². The van der Waals surface area contributed by atoms with Crippen molar-refractivity contribution < 1.29 is 23.5 Å². The van der Waals surface area contributed by atoms with Crippen LogP contribution >= 0.6 is 0 Å². The first kappa shape index (κ1) is 23.0. The van der Waals surface area contributed by atoms with Crippen LogP contribution in [0.2, 0.25) is 0 Å². The van der Waals surface area contributed by atoms with Crippen LogP contribution in [0.5, 0.6) is 0 Å². The summed E-state index contributed by atoms with van der Waals surface area (Å²) >= 11 is 0. The maximum atomic E-state index is 13.7. The fourth-order valence-electron chi connectivity index (χ4n) is 4.44. The van der Waals surface area contributed by atoms with Crippen molar-refractivity contribution in [3.05, 3.63) is 59.5 Å². The summed E-state index contributed by atoms with van der Waals surface area (Å²) in [4.78, 5) is 42.7. The van der Waals surface area contributed by atoms with Crippen LogP contribution in [0.3, 0.4) is 0 Å². The molecule has 1 aromatic carbocycles. The Bertz CT molecular complexity index is 992. The van der Waals surface area contributed by atoms with E-state index in [1.165, 1.54) is 6.26 Å². The molecule has 4 rings (SSSR count). The lowest BCUT2D eigenvalue weighted by Crippen LogP contribution is -2.60. The van der Waals surface area contributed by atoms with Gasteiger partial charge in [0.25, 0.3) is 11.8 Å². The SMILES string of the molecule is Cc1ccc(C(=O)N2C(C(=O)NCC(C)C)COC23CCN(C(=O)c2ccco2)CC3)cc1. The van der Waals surface area contributed by atoms with Crippen molar-refractivity contribution in [2.24, 2.45) is 5.92 Å². The standard InChI is InChI=1S/C25H31N3O5/c1-17(2)15-26-22(29)20-16-33-25(28(20)23(30)19-8-6-18(3)7-9-19)10-12-27(13-11-25)24(31)21-5-4-14-32-21/h4-9,14,17,20H,10-13,15-16H2,1-3H3,(H,26,29). The quantitative estimate of drug-likeness (QED) is 0.752. The average Bonchev–Trinajstić information content (AvgIpc) is 3.46. The van der Waals surface area contributed by atoms with Gasteiger partial charge in [-0.2, -0.15) is 0 Å². The van der Waals surface area contributed by atoms with Crippen molar-refractivity contribution in [1.29, 1.82) is 0 Å². The fourth-order valence-corrected chi connectivity index (χ4v) is 4.44. The molecule has 0 bridgehead atoms. The van der Waals surface area contributed by atoms with E-state index in [1.807, 2.05) is 32.9 Å². The first-order valence-electron chi connectivity index (χ1n) is 11.5. The number of benzene rings is 1. The molecule has 8 heteroatoms. The number of nitrogens with one attached hydrogen (secondary N) is 1. The van der Waals surface area contributed by atoms with E-state index in [4.69, 9.17) is 9.15 Å². The summed E-state index contributed by atoms with van der Waals surface area (Å²) in [6.07, 6.45) is 2.32. The van der Waals surface area contributed by atoms with E-state index in [2.05, 4.69) is 5.32 Å². The minimum atomic E-state index is -0.929. The first-order valence-corrected chi connectivity index (χ1v) is 11.5. The zero-order chi connectivity index (χ0) is 23.6. The number of hydrogen-bond acceptors (Lipinski definition) is 5. The molecule has 0 radical (unpaired) electrons. The Morgan fingerprint density at radius 3 is 2.39 bits per heavy atom. The van der Waals surface area contributed by atoms with Crippen molar-refractivity contribution in [2.45, 2.75) is 45.4 Å². The molecule has 0 aliphatic carbocycles. The number of likely N-dealkylation sites (tertiary alicyclic amines) is 1. The van der Waals surface area contributed by atoms with E-state index in [0.29, 0.717) is 44.0 Å². The van der Waals surface area contributed by atoms with E-state index < -0.39 is 11.8 Å². The van der Waals surface area contributed by atoms with Gasteiger partial charge in [0.15, 0.2) is 5.76 Å². The van der Waals surface area contributed by atoms with Crippen LogP contribution < -0.4 is 5.32 Å². The number of rotatable bonds is 5. The second-order valence-corrected chi connectivity index (χ2v) is 9.22. The van der Waals surface area contributed by atoms with Crippen LogP contribution in [0.4, 0.5) is 0 Å². The van der Waals surface area contributed by atoms with E-state index in [9.17, 15) is 14.4 Å². The van der Waals surface area contributed by atoms with Crippen molar-refractivity contribution in [3.8, 4) is 0 Å². The highest BCUT2D eigenvalue weighted by atomic mass is 16.5. The Morgan fingerprint density at radius 2 is 1.79 bits per heavy atom. The van der Waals surface area contributed by atoms with Gasteiger partial charge >= 0.3 is 0 Å². The van der Waals surface area contributed by atoms with Gasteiger partial charge in [-0.15, -0.1) is 0 Å². The average molecular weight is 454 g/mol. The summed E-state index contributed by atoms with van der Waals surface area (Å²) in [5, 5.41) is 2.95. The molecule has 1 spiro atoms. The summed E-state index contributed by atoms with van der Waals surface area (Å²) in [6, 6.07) is 9.93. The minimum Gasteiger partial charge on any atom is -0.459 e. The molecule has 176 valence electrons. The van der Waals surface area contributed by atoms with Gasteiger partial charge in [-0.1, -0.05) is 31.5 Å². The second-order valence-electron chi connectivity index (χ2n) is 9.22. The van der Waals surface area contributed by atoms with Gasteiger partial charge < -0.3 is 19.4 Å². The Kier molecular flexibility index (Phi) is 6.56. The zero-order valence-electron chi connectivity index (χ0n) is 19.4. The molecular weight excluding hydrogens is 422 g/mol. The molecule has 2 aliphatic rings. The predicted octanol–water partition coefficient (Wildman–Crippen LogP) is 2.83. The molecule has 2 fully saturated rings. The van der Waals surface area contributed by atoms with Crippen molar-refractivity contribution in [1.82, 2.24) is 15.1 Å². The van der Waals surface area contributed by atoms with Crippen LogP contribution in [0.25, 0.3) is 0 Å².